The Morgan fingerprint density at radius 1 is 1.23 bits per heavy atom. The van der Waals surface area contributed by atoms with Crippen molar-refractivity contribution in [1.29, 1.82) is 0 Å². The summed E-state index contributed by atoms with van der Waals surface area (Å²) in [6.45, 7) is 1.43. The topological polar surface area (TPSA) is 101 Å². The number of halogens is 1. The standard InChI is InChI=1S/C18H14ClN3O4/c1-10(17(24)22-15-7-6-11(19)9-20-15)26-18(25)13-8-16(23)21-14-5-3-2-4-12(13)14/h2-10H,1H3,(H,21,23)(H,20,22,24)/t10-/m0/s1. The zero-order chi connectivity index (χ0) is 18.7. The number of nitrogens with zero attached hydrogens (tertiary/aromatic N) is 1. The second-order valence-electron chi connectivity index (χ2n) is 5.49. The highest BCUT2D eigenvalue weighted by molar-refractivity contribution is 6.30. The molecule has 0 bridgehead atoms. The molecule has 26 heavy (non-hydrogen) atoms. The Labute approximate surface area is 153 Å². The molecule has 132 valence electrons. The van der Waals surface area contributed by atoms with Gasteiger partial charge in [-0.05, 0) is 25.1 Å². The van der Waals surface area contributed by atoms with Gasteiger partial charge in [-0.15, -0.1) is 0 Å². The van der Waals surface area contributed by atoms with E-state index in [0.29, 0.717) is 15.9 Å². The van der Waals surface area contributed by atoms with Gasteiger partial charge >= 0.3 is 5.97 Å². The van der Waals surface area contributed by atoms with Crippen LogP contribution in [0.5, 0.6) is 0 Å². The third-order valence-electron chi connectivity index (χ3n) is 3.60. The number of carbonyl (C=O) groups excluding carboxylic acids is 2. The van der Waals surface area contributed by atoms with Gasteiger partial charge < -0.3 is 15.0 Å². The number of anilines is 1. The number of rotatable bonds is 4. The summed E-state index contributed by atoms with van der Waals surface area (Å²) < 4.78 is 5.20. The monoisotopic (exact) mass is 371 g/mol. The molecule has 0 saturated heterocycles. The predicted octanol–water partition coefficient (Wildman–Crippen LogP) is 2.76. The first-order chi connectivity index (χ1) is 12.4. The fourth-order valence-corrected chi connectivity index (χ4v) is 2.44. The van der Waals surface area contributed by atoms with Crippen LogP contribution in [-0.2, 0) is 9.53 Å². The fraction of sp³-hybridized carbons (Fsp3) is 0.111. The SMILES string of the molecule is C[C@H](OC(=O)c1cc(=O)[nH]c2ccccc12)C(=O)Nc1ccc(Cl)cn1. The zero-order valence-electron chi connectivity index (χ0n) is 13.7. The summed E-state index contributed by atoms with van der Waals surface area (Å²) in [6.07, 6.45) is 0.300. The summed E-state index contributed by atoms with van der Waals surface area (Å²) in [5.41, 5.74) is 0.168. The van der Waals surface area contributed by atoms with E-state index in [1.54, 1.807) is 30.3 Å². The predicted molar refractivity (Wildman–Crippen MR) is 97.3 cm³/mol. The van der Waals surface area contributed by atoms with E-state index in [1.807, 2.05) is 0 Å². The Kier molecular flexibility index (Phi) is 4.99. The van der Waals surface area contributed by atoms with Crippen LogP contribution in [0.2, 0.25) is 5.02 Å². The van der Waals surface area contributed by atoms with Gasteiger partial charge in [0, 0.05) is 23.2 Å². The van der Waals surface area contributed by atoms with E-state index in [4.69, 9.17) is 16.3 Å². The molecule has 3 rings (SSSR count). The van der Waals surface area contributed by atoms with Crippen molar-refractivity contribution in [3.05, 3.63) is 69.6 Å². The van der Waals surface area contributed by atoms with Crippen molar-refractivity contribution in [3.8, 4) is 0 Å². The molecule has 0 aliphatic heterocycles. The molecule has 2 heterocycles. The van der Waals surface area contributed by atoms with Crippen LogP contribution in [0.25, 0.3) is 10.9 Å². The molecule has 8 heteroatoms. The lowest BCUT2D eigenvalue weighted by molar-refractivity contribution is -0.123. The van der Waals surface area contributed by atoms with Gasteiger partial charge in [0.2, 0.25) is 5.56 Å². The molecule has 1 amide bonds. The summed E-state index contributed by atoms with van der Waals surface area (Å²) in [5, 5.41) is 3.49. The van der Waals surface area contributed by atoms with Crippen molar-refractivity contribution in [2.75, 3.05) is 5.32 Å². The number of amides is 1. The lowest BCUT2D eigenvalue weighted by atomic mass is 10.1. The largest absolute Gasteiger partial charge is 0.449 e. The molecule has 0 fully saturated rings. The van der Waals surface area contributed by atoms with Gasteiger partial charge in [0.25, 0.3) is 5.91 Å². The molecule has 0 saturated carbocycles. The lowest BCUT2D eigenvalue weighted by Crippen LogP contribution is -2.30. The Morgan fingerprint density at radius 3 is 2.73 bits per heavy atom. The lowest BCUT2D eigenvalue weighted by Gasteiger charge is -2.14. The van der Waals surface area contributed by atoms with E-state index in [9.17, 15) is 14.4 Å². The Morgan fingerprint density at radius 2 is 2.00 bits per heavy atom. The highest BCUT2D eigenvalue weighted by Gasteiger charge is 2.21. The van der Waals surface area contributed by atoms with E-state index in [0.717, 1.165) is 6.07 Å². The maximum atomic E-state index is 12.4. The average molecular weight is 372 g/mol. The minimum atomic E-state index is -1.09. The number of pyridine rings is 2. The number of para-hydroxylation sites is 1. The maximum absolute atomic E-state index is 12.4. The van der Waals surface area contributed by atoms with Gasteiger partial charge in [-0.2, -0.15) is 0 Å². The number of esters is 1. The first-order valence-corrected chi connectivity index (χ1v) is 8.07. The molecular formula is C18H14ClN3O4. The Hall–Kier alpha value is -3.19. The van der Waals surface area contributed by atoms with E-state index in [-0.39, 0.29) is 11.4 Å². The molecule has 0 unspecified atom stereocenters. The number of aromatic nitrogens is 2. The molecule has 0 aliphatic carbocycles. The van der Waals surface area contributed by atoms with Gasteiger partial charge in [0.05, 0.1) is 10.6 Å². The Balaban J connectivity index is 1.76. The molecule has 2 aromatic heterocycles. The van der Waals surface area contributed by atoms with Gasteiger partial charge in [0.1, 0.15) is 5.82 Å². The number of H-pyrrole nitrogens is 1. The van der Waals surface area contributed by atoms with Crippen molar-refractivity contribution < 1.29 is 14.3 Å². The van der Waals surface area contributed by atoms with E-state index >= 15 is 0 Å². The second kappa shape index (κ2) is 7.37. The molecule has 0 aliphatic rings. The van der Waals surface area contributed by atoms with Crippen LogP contribution in [0.15, 0.2) is 53.5 Å². The number of fused-ring (bicyclic) bond motifs is 1. The first-order valence-electron chi connectivity index (χ1n) is 7.69. The van der Waals surface area contributed by atoms with Crippen LogP contribution < -0.4 is 10.9 Å². The minimum absolute atomic E-state index is 0.0913. The molecule has 7 nitrogen and oxygen atoms in total. The number of hydrogen-bond donors (Lipinski definition) is 2. The summed E-state index contributed by atoms with van der Waals surface area (Å²) in [7, 11) is 0. The van der Waals surface area contributed by atoms with Crippen molar-refractivity contribution in [3.63, 3.8) is 0 Å². The first kappa shape index (κ1) is 17.6. The highest BCUT2D eigenvalue weighted by Crippen LogP contribution is 2.16. The van der Waals surface area contributed by atoms with Gasteiger partial charge in [-0.3, -0.25) is 9.59 Å². The van der Waals surface area contributed by atoms with Crippen molar-refractivity contribution >= 4 is 40.2 Å². The number of hydrogen-bond acceptors (Lipinski definition) is 5. The maximum Gasteiger partial charge on any atom is 0.339 e. The van der Waals surface area contributed by atoms with Crippen LogP contribution >= 0.6 is 11.6 Å². The van der Waals surface area contributed by atoms with E-state index in [2.05, 4.69) is 15.3 Å². The quantitative estimate of drug-likeness (QED) is 0.687. The fourth-order valence-electron chi connectivity index (χ4n) is 2.33. The van der Waals surface area contributed by atoms with Crippen molar-refractivity contribution in [2.45, 2.75) is 13.0 Å². The molecule has 3 aromatic rings. The van der Waals surface area contributed by atoms with Gasteiger partial charge in [0.15, 0.2) is 6.10 Å². The van der Waals surface area contributed by atoms with E-state index in [1.165, 1.54) is 19.2 Å². The number of aromatic amines is 1. The molecular weight excluding hydrogens is 358 g/mol. The zero-order valence-corrected chi connectivity index (χ0v) is 14.4. The number of benzene rings is 1. The molecule has 1 atom stereocenters. The summed E-state index contributed by atoms with van der Waals surface area (Å²) in [4.78, 5) is 42.9. The normalized spacial score (nSPS) is 11.8. The third kappa shape index (κ3) is 3.89. The van der Waals surface area contributed by atoms with Gasteiger partial charge in [-0.25, -0.2) is 9.78 Å². The van der Waals surface area contributed by atoms with Crippen molar-refractivity contribution in [1.82, 2.24) is 9.97 Å². The summed E-state index contributed by atoms with van der Waals surface area (Å²) in [6, 6.07) is 11.1. The van der Waals surface area contributed by atoms with Gasteiger partial charge in [-0.1, -0.05) is 29.8 Å². The number of ether oxygens (including phenoxy) is 1. The average Bonchev–Trinajstić information content (AvgIpc) is 2.62. The van der Waals surface area contributed by atoms with Crippen LogP contribution in [-0.4, -0.2) is 27.9 Å². The molecule has 2 N–H and O–H groups in total. The van der Waals surface area contributed by atoms with Crippen LogP contribution in [0.1, 0.15) is 17.3 Å². The van der Waals surface area contributed by atoms with Crippen molar-refractivity contribution in [2.24, 2.45) is 0 Å². The van der Waals surface area contributed by atoms with Crippen LogP contribution in [0, 0.1) is 0 Å². The van der Waals surface area contributed by atoms with E-state index < -0.39 is 23.5 Å². The summed E-state index contributed by atoms with van der Waals surface area (Å²) >= 11 is 5.74. The molecule has 0 radical (unpaired) electrons. The Bertz CT molecular complexity index is 1030. The number of nitrogens with one attached hydrogen (secondary N) is 2. The smallest absolute Gasteiger partial charge is 0.339 e. The summed E-state index contributed by atoms with van der Waals surface area (Å²) in [5.74, 6) is -1.04. The van der Waals surface area contributed by atoms with Crippen LogP contribution in [0.3, 0.4) is 0 Å². The highest BCUT2D eigenvalue weighted by atomic mass is 35.5. The second-order valence-corrected chi connectivity index (χ2v) is 5.93. The number of carbonyl (C=O) groups is 2. The molecule has 0 spiro atoms. The third-order valence-corrected chi connectivity index (χ3v) is 3.83. The minimum Gasteiger partial charge on any atom is -0.449 e. The van der Waals surface area contributed by atoms with Crippen LogP contribution in [0.4, 0.5) is 5.82 Å². The molecule has 1 aromatic carbocycles.